The Morgan fingerprint density at radius 1 is 1.20 bits per heavy atom. The second kappa shape index (κ2) is 7.89. The summed E-state index contributed by atoms with van der Waals surface area (Å²) in [6.07, 6.45) is 3.44. The van der Waals surface area contributed by atoms with Crippen LogP contribution in [0.25, 0.3) is 0 Å². The minimum absolute atomic E-state index is 0.340. The van der Waals surface area contributed by atoms with Gasteiger partial charge in [-0.05, 0) is 24.1 Å². The predicted molar refractivity (Wildman–Crippen MR) is 82.7 cm³/mol. The lowest BCUT2D eigenvalue weighted by molar-refractivity contribution is 0.602. The normalized spacial score (nSPS) is 12.2. The zero-order valence-corrected chi connectivity index (χ0v) is 13.1. The maximum Gasteiger partial charge on any atom is 0.191 e. The molecule has 0 aliphatic rings. The Hall–Kier alpha value is -1.56. The summed E-state index contributed by atoms with van der Waals surface area (Å²) in [4.78, 5) is 4.47. The van der Waals surface area contributed by atoms with Gasteiger partial charge in [-0.2, -0.15) is 0 Å². The van der Waals surface area contributed by atoms with Crippen LogP contribution in [0.1, 0.15) is 25.3 Å². The first-order valence-corrected chi connectivity index (χ1v) is 8.60. The van der Waals surface area contributed by atoms with Crippen molar-refractivity contribution in [2.45, 2.75) is 31.2 Å². The topological polar surface area (TPSA) is 70.6 Å². The Kier molecular flexibility index (Phi) is 6.51. The molecular formula is C14H23N3O2S. The third-order valence-electron chi connectivity index (χ3n) is 2.86. The minimum Gasteiger partial charge on any atom is -0.356 e. The van der Waals surface area contributed by atoms with Crippen LogP contribution in [0.15, 0.2) is 34.2 Å². The van der Waals surface area contributed by atoms with Crippen molar-refractivity contribution in [2.75, 3.05) is 19.8 Å². The summed E-state index contributed by atoms with van der Waals surface area (Å²) in [5, 5.41) is 6.41. The second-order valence-electron chi connectivity index (χ2n) is 4.62. The molecule has 6 heteroatoms. The number of aliphatic imine (C=N–C) groups is 1. The molecule has 0 saturated heterocycles. The highest BCUT2D eigenvalue weighted by molar-refractivity contribution is 7.90. The molecule has 0 bridgehead atoms. The molecule has 0 atom stereocenters. The maximum atomic E-state index is 11.4. The van der Waals surface area contributed by atoms with E-state index in [1.54, 1.807) is 19.2 Å². The summed E-state index contributed by atoms with van der Waals surface area (Å²) in [7, 11) is -1.40. The number of nitrogens with one attached hydrogen (secondary N) is 2. The fourth-order valence-electron chi connectivity index (χ4n) is 1.64. The third kappa shape index (κ3) is 5.61. The van der Waals surface area contributed by atoms with Crippen LogP contribution >= 0.6 is 0 Å². The van der Waals surface area contributed by atoms with Crippen molar-refractivity contribution < 1.29 is 8.42 Å². The van der Waals surface area contributed by atoms with Gasteiger partial charge in [0.15, 0.2) is 15.8 Å². The van der Waals surface area contributed by atoms with E-state index in [2.05, 4.69) is 22.5 Å². The Morgan fingerprint density at radius 2 is 1.85 bits per heavy atom. The molecule has 1 aromatic rings. The van der Waals surface area contributed by atoms with Crippen LogP contribution in [-0.4, -0.2) is 34.2 Å². The van der Waals surface area contributed by atoms with Gasteiger partial charge in [0.25, 0.3) is 0 Å². The van der Waals surface area contributed by atoms with Crippen molar-refractivity contribution in [3.05, 3.63) is 29.8 Å². The van der Waals surface area contributed by atoms with Crippen LogP contribution in [0.4, 0.5) is 0 Å². The molecule has 1 aromatic carbocycles. The van der Waals surface area contributed by atoms with Crippen molar-refractivity contribution in [1.29, 1.82) is 0 Å². The molecule has 0 amide bonds. The van der Waals surface area contributed by atoms with Crippen LogP contribution in [0.3, 0.4) is 0 Å². The van der Waals surface area contributed by atoms with E-state index in [-0.39, 0.29) is 0 Å². The largest absolute Gasteiger partial charge is 0.356 e. The second-order valence-corrected chi connectivity index (χ2v) is 6.64. The van der Waals surface area contributed by atoms with Crippen LogP contribution < -0.4 is 10.6 Å². The van der Waals surface area contributed by atoms with Crippen molar-refractivity contribution in [1.82, 2.24) is 10.6 Å². The number of rotatable bonds is 6. The van der Waals surface area contributed by atoms with Crippen molar-refractivity contribution >= 4 is 15.8 Å². The van der Waals surface area contributed by atoms with E-state index < -0.39 is 9.84 Å². The highest BCUT2D eigenvalue weighted by Crippen LogP contribution is 2.09. The molecule has 0 fully saturated rings. The zero-order valence-electron chi connectivity index (χ0n) is 12.3. The van der Waals surface area contributed by atoms with Gasteiger partial charge in [0.05, 0.1) is 4.90 Å². The standard InChI is InChI=1S/C14H23N3O2S/c1-4-5-10-16-14(15-2)17-11-12-6-8-13(9-7-12)20(3,18)19/h6-9H,4-5,10-11H2,1-3H3,(H2,15,16,17). The molecule has 0 aromatic heterocycles. The summed E-state index contributed by atoms with van der Waals surface area (Å²) in [6, 6.07) is 6.87. The molecule has 0 spiro atoms. The van der Waals surface area contributed by atoms with Crippen LogP contribution in [-0.2, 0) is 16.4 Å². The predicted octanol–water partition coefficient (Wildman–Crippen LogP) is 1.56. The molecule has 5 nitrogen and oxygen atoms in total. The van der Waals surface area contributed by atoms with E-state index in [1.807, 2.05) is 12.1 Å². The van der Waals surface area contributed by atoms with Crippen LogP contribution in [0, 0.1) is 0 Å². The highest BCUT2D eigenvalue weighted by Gasteiger charge is 2.06. The molecule has 0 radical (unpaired) electrons. The number of hydrogen-bond donors (Lipinski definition) is 2. The molecule has 0 aliphatic carbocycles. The van der Waals surface area contributed by atoms with Crippen molar-refractivity contribution in [2.24, 2.45) is 4.99 Å². The average Bonchev–Trinajstić information content (AvgIpc) is 2.42. The van der Waals surface area contributed by atoms with Gasteiger partial charge in [0, 0.05) is 26.4 Å². The fourth-order valence-corrected chi connectivity index (χ4v) is 2.27. The highest BCUT2D eigenvalue weighted by atomic mass is 32.2. The molecular weight excluding hydrogens is 274 g/mol. The maximum absolute atomic E-state index is 11.4. The number of sulfone groups is 1. The summed E-state index contributed by atoms with van der Waals surface area (Å²) in [6.45, 7) is 3.64. The monoisotopic (exact) mass is 297 g/mol. The van der Waals surface area contributed by atoms with E-state index in [1.165, 1.54) is 6.26 Å². The molecule has 20 heavy (non-hydrogen) atoms. The lowest BCUT2D eigenvalue weighted by Gasteiger charge is -2.11. The first kappa shape index (κ1) is 16.5. The van der Waals surface area contributed by atoms with E-state index >= 15 is 0 Å². The Bertz CT molecular complexity index is 536. The first-order valence-electron chi connectivity index (χ1n) is 6.71. The Morgan fingerprint density at radius 3 is 2.35 bits per heavy atom. The van der Waals surface area contributed by atoms with Crippen molar-refractivity contribution in [3.63, 3.8) is 0 Å². The lowest BCUT2D eigenvalue weighted by Crippen LogP contribution is -2.37. The van der Waals surface area contributed by atoms with Gasteiger partial charge in [-0.25, -0.2) is 8.42 Å². The molecule has 0 heterocycles. The molecule has 0 saturated carbocycles. The minimum atomic E-state index is -3.13. The lowest BCUT2D eigenvalue weighted by atomic mass is 10.2. The Labute approximate surface area is 121 Å². The number of benzene rings is 1. The van der Waals surface area contributed by atoms with Gasteiger partial charge < -0.3 is 10.6 Å². The van der Waals surface area contributed by atoms with Crippen molar-refractivity contribution in [3.8, 4) is 0 Å². The van der Waals surface area contributed by atoms with Gasteiger partial charge in [-0.3, -0.25) is 4.99 Å². The average molecular weight is 297 g/mol. The first-order chi connectivity index (χ1) is 9.47. The molecule has 2 N–H and O–H groups in total. The summed E-state index contributed by atoms with van der Waals surface area (Å²) < 4.78 is 22.7. The number of hydrogen-bond acceptors (Lipinski definition) is 3. The number of guanidine groups is 1. The molecule has 0 unspecified atom stereocenters. The van der Waals surface area contributed by atoms with Gasteiger partial charge in [0.1, 0.15) is 0 Å². The summed E-state index contributed by atoms with van der Waals surface area (Å²) >= 11 is 0. The zero-order chi connectivity index (χ0) is 15.0. The van der Waals surface area contributed by atoms with Gasteiger partial charge in [0.2, 0.25) is 0 Å². The van der Waals surface area contributed by atoms with Gasteiger partial charge in [-0.1, -0.05) is 25.5 Å². The van der Waals surface area contributed by atoms with E-state index in [0.717, 1.165) is 30.9 Å². The molecule has 0 aliphatic heterocycles. The van der Waals surface area contributed by atoms with E-state index in [0.29, 0.717) is 11.4 Å². The van der Waals surface area contributed by atoms with Gasteiger partial charge >= 0.3 is 0 Å². The summed E-state index contributed by atoms with van der Waals surface area (Å²) in [5.41, 5.74) is 1.01. The van der Waals surface area contributed by atoms with E-state index in [4.69, 9.17) is 0 Å². The van der Waals surface area contributed by atoms with Crippen LogP contribution in [0.5, 0.6) is 0 Å². The smallest absolute Gasteiger partial charge is 0.191 e. The fraction of sp³-hybridized carbons (Fsp3) is 0.500. The third-order valence-corrected chi connectivity index (χ3v) is 3.99. The van der Waals surface area contributed by atoms with Crippen LogP contribution in [0.2, 0.25) is 0 Å². The summed E-state index contributed by atoms with van der Waals surface area (Å²) in [5.74, 6) is 0.755. The number of nitrogens with zero attached hydrogens (tertiary/aromatic N) is 1. The molecule has 1 rings (SSSR count). The van der Waals surface area contributed by atoms with Gasteiger partial charge in [-0.15, -0.1) is 0 Å². The van der Waals surface area contributed by atoms with E-state index in [9.17, 15) is 8.42 Å². The SMILES string of the molecule is CCCCNC(=NC)NCc1ccc(S(C)(=O)=O)cc1. The number of unbranched alkanes of at least 4 members (excludes halogenated alkanes) is 1. The quantitative estimate of drug-likeness (QED) is 0.475. The Balaban J connectivity index is 2.53. The molecule has 112 valence electrons.